The molecular formula is C16H24BrNO2. The van der Waals surface area contributed by atoms with Crippen LogP contribution in [0.3, 0.4) is 0 Å². The molecule has 1 saturated heterocycles. The van der Waals surface area contributed by atoms with Crippen LogP contribution in [0.5, 0.6) is 5.75 Å². The lowest BCUT2D eigenvalue weighted by atomic mass is 10.1. The second-order valence-electron chi connectivity index (χ2n) is 5.34. The largest absolute Gasteiger partial charge is 0.487 e. The third-order valence-electron chi connectivity index (χ3n) is 3.46. The van der Waals surface area contributed by atoms with E-state index in [0.717, 1.165) is 49.2 Å². The molecule has 2 rings (SSSR count). The summed E-state index contributed by atoms with van der Waals surface area (Å²) in [7, 11) is 0. The van der Waals surface area contributed by atoms with Crippen molar-refractivity contribution in [3.05, 3.63) is 27.7 Å². The van der Waals surface area contributed by atoms with E-state index in [1.54, 1.807) is 0 Å². The molecule has 0 aliphatic carbocycles. The fourth-order valence-corrected chi connectivity index (χ4v) is 3.09. The highest BCUT2D eigenvalue weighted by molar-refractivity contribution is 9.10. The zero-order chi connectivity index (χ0) is 14.4. The minimum Gasteiger partial charge on any atom is -0.487 e. The Kier molecular flexibility index (Phi) is 6.33. The highest BCUT2D eigenvalue weighted by atomic mass is 79.9. The summed E-state index contributed by atoms with van der Waals surface area (Å²) in [6.07, 6.45) is 3.49. The van der Waals surface area contributed by atoms with E-state index >= 15 is 0 Å². The summed E-state index contributed by atoms with van der Waals surface area (Å²) in [6, 6.07) is 4.26. The normalized spacial score (nSPS) is 19.1. The van der Waals surface area contributed by atoms with Crippen LogP contribution >= 0.6 is 15.9 Å². The quantitative estimate of drug-likeness (QED) is 0.798. The van der Waals surface area contributed by atoms with Crippen LogP contribution in [0.4, 0.5) is 0 Å². The number of benzene rings is 1. The maximum Gasteiger partial charge on any atom is 0.127 e. The Balaban J connectivity index is 2.11. The zero-order valence-corrected chi connectivity index (χ0v) is 14.0. The van der Waals surface area contributed by atoms with E-state index in [1.165, 1.54) is 11.1 Å². The number of hydrogen-bond donors (Lipinski definition) is 1. The molecule has 4 heteroatoms. The third kappa shape index (κ3) is 4.47. The van der Waals surface area contributed by atoms with Gasteiger partial charge in [-0.3, -0.25) is 0 Å². The van der Waals surface area contributed by atoms with Crippen molar-refractivity contribution in [3.8, 4) is 5.75 Å². The summed E-state index contributed by atoms with van der Waals surface area (Å²) >= 11 is 3.57. The predicted octanol–water partition coefficient (Wildman–Crippen LogP) is 3.81. The van der Waals surface area contributed by atoms with Gasteiger partial charge in [-0.2, -0.15) is 0 Å². The number of ether oxygens (including phenoxy) is 2. The van der Waals surface area contributed by atoms with E-state index in [-0.39, 0.29) is 6.10 Å². The van der Waals surface area contributed by atoms with Crippen LogP contribution in [0, 0.1) is 6.92 Å². The molecule has 1 heterocycles. The molecule has 20 heavy (non-hydrogen) atoms. The Bertz CT molecular complexity index is 431. The van der Waals surface area contributed by atoms with E-state index in [0.29, 0.717) is 6.61 Å². The second kappa shape index (κ2) is 8.01. The van der Waals surface area contributed by atoms with Gasteiger partial charge in [-0.05, 0) is 50.4 Å². The van der Waals surface area contributed by atoms with Crippen molar-refractivity contribution in [2.45, 2.75) is 45.8 Å². The molecule has 1 N–H and O–H groups in total. The van der Waals surface area contributed by atoms with E-state index < -0.39 is 0 Å². The first kappa shape index (κ1) is 15.8. The van der Waals surface area contributed by atoms with E-state index in [9.17, 15) is 0 Å². The Morgan fingerprint density at radius 1 is 1.45 bits per heavy atom. The molecule has 3 nitrogen and oxygen atoms in total. The van der Waals surface area contributed by atoms with Crippen molar-refractivity contribution in [1.82, 2.24) is 5.32 Å². The molecule has 0 aromatic heterocycles. The molecule has 1 atom stereocenters. The summed E-state index contributed by atoms with van der Waals surface area (Å²) in [5.74, 6) is 1.02. The Morgan fingerprint density at radius 3 is 3.00 bits per heavy atom. The lowest BCUT2D eigenvalue weighted by molar-refractivity contribution is 0.00672. The zero-order valence-electron chi connectivity index (χ0n) is 12.4. The average molecular weight is 342 g/mol. The molecule has 0 bridgehead atoms. The first-order valence-corrected chi connectivity index (χ1v) is 8.24. The maximum absolute atomic E-state index is 6.22. The standard InChI is InChI=1S/C16H24BrNO2/c1-3-6-18-10-13-9-14(17)8-12(2)16(13)20-15-5-4-7-19-11-15/h8-9,15,18H,3-7,10-11H2,1-2H3. The van der Waals surface area contributed by atoms with Crippen molar-refractivity contribution in [2.75, 3.05) is 19.8 Å². The van der Waals surface area contributed by atoms with Gasteiger partial charge in [0.1, 0.15) is 11.9 Å². The lowest BCUT2D eigenvalue weighted by Crippen LogP contribution is -2.29. The summed E-state index contributed by atoms with van der Waals surface area (Å²) < 4.78 is 12.8. The van der Waals surface area contributed by atoms with Crippen molar-refractivity contribution in [2.24, 2.45) is 0 Å². The van der Waals surface area contributed by atoms with Crippen molar-refractivity contribution in [1.29, 1.82) is 0 Å². The minimum absolute atomic E-state index is 0.188. The molecule has 1 aliphatic heterocycles. The molecule has 1 fully saturated rings. The first-order valence-electron chi connectivity index (χ1n) is 7.45. The van der Waals surface area contributed by atoms with E-state index in [4.69, 9.17) is 9.47 Å². The number of aryl methyl sites for hydroxylation is 1. The van der Waals surface area contributed by atoms with Gasteiger partial charge in [-0.15, -0.1) is 0 Å². The molecule has 1 unspecified atom stereocenters. The predicted molar refractivity (Wildman–Crippen MR) is 85.3 cm³/mol. The molecule has 112 valence electrons. The van der Waals surface area contributed by atoms with Gasteiger partial charge in [0.15, 0.2) is 0 Å². The van der Waals surface area contributed by atoms with E-state index in [1.807, 2.05) is 0 Å². The van der Waals surface area contributed by atoms with Crippen molar-refractivity contribution < 1.29 is 9.47 Å². The second-order valence-corrected chi connectivity index (χ2v) is 6.26. The number of hydrogen-bond acceptors (Lipinski definition) is 3. The molecule has 1 aromatic carbocycles. The van der Waals surface area contributed by atoms with E-state index in [2.05, 4.69) is 47.2 Å². The number of nitrogens with one attached hydrogen (secondary N) is 1. The summed E-state index contributed by atoms with van der Waals surface area (Å²) in [6.45, 7) is 7.72. The highest BCUT2D eigenvalue weighted by Crippen LogP contribution is 2.30. The third-order valence-corrected chi connectivity index (χ3v) is 3.92. The van der Waals surface area contributed by atoms with Crippen LogP contribution < -0.4 is 10.1 Å². The summed E-state index contributed by atoms with van der Waals surface area (Å²) in [4.78, 5) is 0. The highest BCUT2D eigenvalue weighted by Gasteiger charge is 2.18. The fraction of sp³-hybridized carbons (Fsp3) is 0.625. The van der Waals surface area contributed by atoms with Gasteiger partial charge in [-0.1, -0.05) is 22.9 Å². The Morgan fingerprint density at radius 2 is 2.30 bits per heavy atom. The summed E-state index contributed by atoms with van der Waals surface area (Å²) in [5.41, 5.74) is 2.40. The van der Waals surface area contributed by atoms with Gasteiger partial charge in [0.05, 0.1) is 6.61 Å². The molecular weight excluding hydrogens is 318 g/mol. The molecule has 1 aliphatic rings. The molecule has 0 spiro atoms. The minimum atomic E-state index is 0.188. The SMILES string of the molecule is CCCNCc1cc(Br)cc(C)c1OC1CCCOC1. The first-order chi connectivity index (χ1) is 9.70. The van der Waals surface area contributed by atoms with Crippen LogP contribution in [0.1, 0.15) is 37.3 Å². The molecule has 0 saturated carbocycles. The van der Waals surface area contributed by atoms with Crippen molar-refractivity contribution >= 4 is 15.9 Å². The monoisotopic (exact) mass is 341 g/mol. The molecule has 0 amide bonds. The average Bonchev–Trinajstić information content (AvgIpc) is 2.44. The number of halogens is 1. The van der Waals surface area contributed by atoms with Crippen LogP contribution in [0.15, 0.2) is 16.6 Å². The van der Waals surface area contributed by atoms with Gasteiger partial charge in [0.2, 0.25) is 0 Å². The Hall–Kier alpha value is -0.580. The number of rotatable bonds is 6. The summed E-state index contributed by atoms with van der Waals surface area (Å²) in [5, 5.41) is 3.45. The van der Waals surface area contributed by atoms with Crippen LogP contribution in [0.25, 0.3) is 0 Å². The maximum atomic E-state index is 6.22. The smallest absolute Gasteiger partial charge is 0.127 e. The van der Waals surface area contributed by atoms with Gasteiger partial charge in [0.25, 0.3) is 0 Å². The molecule has 0 radical (unpaired) electrons. The van der Waals surface area contributed by atoms with Crippen LogP contribution in [-0.4, -0.2) is 25.9 Å². The lowest BCUT2D eigenvalue weighted by Gasteiger charge is -2.26. The van der Waals surface area contributed by atoms with Crippen LogP contribution in [-0.2, 0) is 11.3 Å². The topological polar surface area (TPSA) is 30.5 Å². The van der Waals surface area contributed by atoms with Crippen molar-refractivity contribution in [3.63, 3.8) is 0 Å². The van der Waals surface area contributed by atoms with Crippen LogP contribution in [0.2, 0.25) is 0 Å². The fourth-order valence-electron chi connectivity index (χ4n) is 2.47. The van der Waals surface area contributed by atoms with Gasteiger partial charge >= 0.3 is 0 Å². The molecule has 1 aromatic rings. The van der Waals surface area contributed by atoms with Gasteiger partial charge < -0.3 is 14.8 Å². The van der Waals surface area contributed by atoms with Gasteiger partial charge in [-0.25, -0.2) is 0 Å². The van der Waals surface area contributed by atoms with Gasteiger partial charge in [0, 0.05) is 23.2 Å². The Labute approximate surface area is 130 Å².